The fourth-order valence-electron chi connectivity index (χ4n) is 4.49. The summed E-state index contributed by atoms with van der Waals surface area (Å²) in [5.74, 6) is 0.313. The third-order valence-corrected chi connectivity index (χ3v) is 5.65. The van der Waals surface area contributed by atoms with Crippen molar-refractivity contribution in [2.45, 2.75) is 12.8 Å². The number of hydrogen-bond acceptors (Lipinski definition) is 2. The largest absolute Gasteiger partial charge is 0.507 e. The smallest absolute Gasteiger partial charge is 0.147 e. The maximum Gasteiger partial charge on any atom is 0.147 e. The Balaban J connectivity index is 1.86. The van der Waals surface area contributed by atoms with Gasteiger partial charge in [-0.2, -0.15) is 0 Å². The molecule has 0 aliphatic heterocycles. The molecule has 1 heterocycles. The Morgan fingerprint density at radius 2 is 1.58 bits per heavy atom. The van der Waals surface area contributed by atoms with E-state index in [-0.39, 0.29) is 0 Å². The van der Waals surface area contributed by atoms with Crippen LogP contribution in [0.15, 0.2) is 71.1 Å². The van der Waals surface area contributed by atoms with Crippen LogP contribution in [0.25, 0.3) is 43.8 Å². The van der Waals surface area contributed by atoms with E-state index in [1.807, 2.05) is 24.3 Å². The van der Waals surface area contributed by atoms with Crippen LogP contribution in [0.1, 0.15) is 11.1 Å². The van der Waals surface area contributed by atoms with E-state index in [1.54, 1.807) is 0 Å². The summed E-state index contributed by atoms with van der Waals surface area (Å²) in [4.78, 5) is 0. The topological polar surface area (TPSA) is 33.4 Å². The van der Waals surface area contributed by atoms with Crippen molar-refractivity contribution in [1.29, 1.82) is 0 Å². The highest BCUT2D eigenvalue weighted by Crippen LogP contribution is 2.47. The molecular formula is C24H16O2. The Bertz CT molecular complexity index is 1340. The van der Waals surface area contributed by atoms with Crippen molar-refractivity contribution >= 4 is 32.7 Å². The molecule has 0 saturated heterocycles. The van der Waals surface area contributed by atoms with E-state index in [2.05, 4.69) is 42.5 Å². The van der Waals surface area contributed by atoms with Gasteiger partial charge in [-0.05, 0) is 52.4 Å². The number of phenolic OH excluding ortho intramolecular Hbond substituents is 1. The van der Waals surface area contributed by atoms with Gasteiger partial charge in [-0.3, -0.25) is 0 Å². The first-order valence-corrected chi connectivity index (χ1v) is 8.98. The molecule has 0 atom stereocenters. The van der Waals surface area contributed by atoms with Gasteiger partial charge in [0.1, 0.15) is 16.9 Å². The second-order valence-corrected chi connectivity index (χ2v) is 7.05. The molecule has 0 bridgehead atoms. The molecule has 124 valence electrons. The third kappa shape index (κ3) is 1.71. The van der Waals surface area contributed by atoms with E-state index >= 15 is 0 Å². The summed E-state index contributed by atoms with van der Waals surface area (Å²) in [6.45, 7) is 0. The van der Waals surface area contributed by atoms with Crippen LogP contribution in [0.5, 0.6) is 5.75 Å². The summed E-state index contributed by atoms with van der Waals surface area (Å²) < 4.78 is 6.34. The Hall–Kier alpha value is -3.26. The zero-order valence-corrected chi connectivity index (χ0v) is 14.1. The van der Waals surface area contributed by atoms with Crippen molar-refractivity contribution in [3.05, 3.63) is 77.9 Å². The molecule has 1 aromatic heterocycles. The highest BCUT2D eigenvalue weighted by molar-refractivity contribution is 6.23. The lowest BCUT2D eigenvalue weighted by Gasteiger charge is -2.20. The van der Waals surface area contributed by atoms with E-state index in [0.717, 1.165) is 56.7 Å². The first-order chi connectivity index (χ1) is 12.8. The Morgan fingerprint density at radius 1 is 0.769 bits per heavy atom. The van der Waals surface area contributed by atoms with Crippen molar-refractivity contribution in [2.75, 3.05) is 0 Å². The lowest BCUT2D eigenvalue weighted by Crippen LogP contribution is -2.03. The van der Waals surface area contributed by atoms with E-state index in [9.17, 15) is 5.11 Å². The Labute approximate surface area is 150 Å². The summed E-state index contributed by atoms with van der Waals surface area (Å²) >= 11 is 0. The first-order valence-electron chi connectivity index (χ1n) is 8.98. The standard InChI is InChI=1S/C24H16O2/c25-19-13-16-10-9-14-5-1-3-7-17(14)21(16)24-23(19)22-18-8-4-2-6-15(18)11-12-20(22)26-24/h1-8,11-13,25H,9-10H2. The number of benzene rings is 4. The zero-order valence-electron chi connectivity index (χ0n) is 14.1. The molecule has 1 aliphatic carbocycles. The molecule has 2 heteroatoms. The van der Waals surface area contributed by atoms with Gasteiger partial charge in [-0.1, -0.05) is 54.6 Å². The minimum Gasteiger partial charge on any atom is -0.507 e. The Morgan fingerprint density at radius 3 is 2.54 bits per heavy atom. The second-order valence-electron chi connectivity index (χ2n) is 7.05. The molecule has 1 aliphatic rings. The van der Waals surface area contributed by atoms with Gasteiger partial charge in [0.05, 0.1) is 5.39 Å². The number of fused-ring (bicyclic) bond motifs is 9. The molecule has 2 nitrogen and oxygen atoms in total. The van der Waals surface area contributed by atoms with Crippen LogP contribution >= 0.6 is 0 Å². The van der Waals surface area contributed by atoms with Crippen LogP contribution in [0, 0.1) is 0 Å². The average Bonchev–Trinajstić information content (AvgIpc) is 3.08. The van der Waals surface area contributed by atoms with Crippen LogP contribution in [0.4, 0.5) is 0 Å². The van der Waals surface area contributed by atoms with Crippen LogP contribution < -0.4 is 0 Å². The number of rotatable bonds is 0. The maximum atomic E-state index is 10.9. The monoisotopic (exact) mass is 336 g/mol. The van der Waals surface area contributed by atoms with Crippen molar-refractivity contribution in [3.63, 3.8) is 0 Å². The number of furan rings is 1. The normalized spacial score (nSPS) is 13.2. The van der Waals surface area contributed by atoms with E-state index in [0.29, 0.717) is 5.75 Å². The summed E-state index contributed by atoms with van der Waals surface area (Å²) in [6.07, 6.45) is 1.92. The molecule has 1 N–H and O–H groups in total. The average molecular weight is 336 g/mol. The molecule has 0 fully saturated rings. The molecule has 0 unspecified atom stereocenters. The van der Waals surface area contributed by atoms with E-state index < -0.39 is 0 Å². The van der Waals surface area contributed by atoms with Gasteiger partial charge >= 0.3 is 0 Å². The van der Waals surface area contributed by atoms with Gasteiger partial charge in [-0.15, -0.1) is 0 Å². The third-order valence-electron chi connectivity index (χ3n) is 5.65. The van der Waals surface area contributed by atoms with Crippen molar-refractivity contribution in [2.24, 2.45) is 0 Å². The van der Waals surface area contributed by atoms with Gasteiger partial charge in [0, 0.05) is 10.9 Å². The summed E-state index contributed by atoms with van der Waals surface area (Å²) in [5, 5.41) is 15.0. The fourth-order valence-corrected chi connectivity index (χ4v) is 4.49. The minimum absolute atomic E-state index is 0.313. The predicted molar refractivity (Wildman–Crippen MR) is 106 cm³/mol. The van der Waals surface area contributed by atoms with Crippen molar-refractivity contribution in [1.82, 2.24) is 0 Å². The molecule has 6 rings (SSSR count). The van der Waals surface area contributed by atoms with Crippen LogP contribution in [0.3, 0.4) is 0 Å². The van der Waals surface area contributed by atoms with Crippen LogP contribution in [-0.2, 0) is 12.8 Å². The SMILES string of the molecule is Oc1cc2c(c3oc4ccc5ccccc5c4c13)-c1ccccc1CC2. The highest BCUT2D eigenvalue weighted by atomic mass is 16.3. The second kappa shape index (κ2) is 4.89. The summed E-state index contributed by atoms with van der Waals surface area (Å²) in [6, 6.07) is 22.8. The highest BCUT2D eigenvalue weighted by Gasteiger charge is 2.24. The number of hydrogen-bond donors (Lipinski definition) is 1. The maximum absolute atomic E-state index is 10.9. The first kappa shape index (κ1) is 14.0. The lowest BCUT2D eigenvalue weighted by molar-refractivity contribution is 0.480. The number of phenols is 1. The molecule has 0 amide bonds. The molecular weight excluding hydrogens is 320 g/mol. The van der Waals surface area contributed by atoms with E-state index in [4.69, 9.17) is 4.42 Å². The minimum atomic E-state index is 0.313. The van der Waals surface area contributed by atoms with Gasteiger partial charge < -0.3 is 9.52 Å². The number of aromatic hydroxyl groups is 1. The molecule has 5 aromatic rings. The van der Waals surface area contributed by atoms with Gasteiger partial charge in [0.25, 0.3) is 0 Å². The summed E-state index contributed by atoms with van der Waals surface area (Å²) in [5.41, 5.74) is 6.50. The fraction of sp³-hybridized carbons (Fsp3) is 0.0833. The summed E-state index contributed by atoms with van der Waals surface area (Å²) in [7, 11) is 0. The van der Waals surface area contributed by atoms with Crippen molar-refractivity contribution in [3.8, 4) is 16.9 Å². The molecule has 26 heavy (non-hydrogen) atoms. The number of aryl methyl sites for hydroxylation is 2. The van der Waals surface area contributed by atoms with E-state index in [1.165, 1.54) is 11.1 Å². The Kier molecular flexibility index (Phi) is 2.63. The molecule has 0 saturated carbocycles. The van der Waals surface area contributed by atoms with Crippen LogP contribution in [0.2, 0.25) is 0 Å². The van der Waals surface area contributed by atoms with Gasteiger partial charge in [0.2, 0.25) is 0 Å². The van der Waals surface area contributed by atoms with Gasteiger partial charge in [-0.25, -0.2) is 0 Å². The predicted octanol–water partition coefficient (Wildman–Crippen LogP) is 6.21. The molecule has 4 aromatic carbocycles. The van der Waals surface area contributed by atoms with Gasteiger partial charge in [0.15, 0.2) is 0 Å². The quantitative estimate of drug-likeness (QED) is 0.365. The zero-order chi connectivity index (χ0) is 17.3. The lowest BCUT2D eigenvalue weighted by atomic mass is 9.84. The van der Waals surface area contributed by atoms with Crippen LogP contribution in [-0.4, -0.2) is 5.11 Å². The van der Waals surface area contributed by atoms with Crippen molar-refractivity contribution < 1.29 is 9.52 Å². The molecule has 0 radical (unpaired) electrons. The molecule has 0 spiro atoms.